The quantitative estimate of drug-likeness (QED) is 0.624. The first-order valence-corrected chi connectivity index (χ1v) is 6.81. The number of amidine groups is 1. The molecule has 2 atom stereocenters. The molecule has 1 heterocycles. The van der Waals surface area contributed by atoms with Crippen molar-refractivity contribution in [1.29, 1.82) is 0 Å². The Morgan fingerprint density at radius 2 is 2.38 bits per heavy atom. The van der Waals surface area contributed by atoms with Crippen molar-refractivity contribution in [1.82, 2.24) is 5.32 Å². The van der Waals surface area contributed by atoms with Crippen LogP contribution < -0.4 is 5.32 Å². The Bertz CT molecular complexity index is 184. The van der Waals surface area contributed by atoms with Gasteiger partial charge in [0.1, 0.15) is 0 Å². The largest absolute Gasteiger partial charge is 0.361 e. The van der Waals surface area contributed by atoms with Gasteiger partial charge in [0, 0.05) is 23.2 Å². The topological polar surface area (TPSA) is 24.4 Å². The van der Waals surface area contributed by atoms with Gasteiger partial charge in [0.15, 0.2) is 5.17 Å². The monoisotopic (exact) mass is 264 g/mol. The lowest BCUT2D eigenvalue weighted by Gasteiger charge is -2.07. The molecular formula is C9H17BrN2S. The van der Waals surface area contributed by atoms with Crippen LogP contribution in [0.15, 0.2) is 4.99 Å². The summed E-state index contributed by atoms with van der Waals surface area (Å²) >= 11 is 5.37. The van der Waals surface area contributed by atoms with Gasteiger partial charge in [-0.15, -0.1) is 0 Å². The zero-order valence-electron chi connectivity index (χ0n) is 8.22. The highest BCUT2D eigenvalue weighted by Crippen LogP contribution is 2.24. The van der Waals surface area contributed by atoms with E-state index in [9.17, 15) is 0 Å². The number of nitrogens with one attached hydrogen (secondary N) is 1. The number of hydrogen-bond donors (Lipinski definition) is 1. The highest BCUT2D eigenvalue weighted by atomic mass is 79.9. The summed E-state index contributed by atoms with van der Waals surface area (Å²) in [5, 5.41) is 6.21. The Labute approximate surface area is 93.1 Å². The summed E-state index contributed by atoms with van der Waals surface area (Å²) in [4.78, 5) is 4.51. The lowest BCUT2D eigenvalue weighted by Crippen LogP contribution is -2.28. The molecule has 1 saturated heterocycles. The summed E-state index contributed by atoms with van der Waals surface area (Å²) in [6, 6.07) is 0.546. The van der Waals surface area contributed by atoms with Crippen molar-refractivity contribution < 1.29 is 0 Å². The molecule has 1 N–H and O–H groups in total. The maximum atomic E-state index is 4.51. The van der Waals surface area contributed by atoms with Gasteiger partial charge in [0.25, 0.3) is 0 Å². The molecule has 4 heteroatoms. The minimum atomic E-state index is 0.546. The number of thioether (sulfide) groups is 1. The number of nitrogens with zero attached hydrogens (tertiary/aromatic N) is 1. The Hall–Kier alpha value is 0.300. The fourth-order valence-corrected chi connectivity index (χ4v) is 3.15. The van der Waals surface area contributed by atoms with Crippen LogP contribution in [-0.4, -0.2) is 28.3 Å². The predicted molar refractivity (Wildman–Crippen MR) is 65.0 cm³/mol. The Morgan fingerprint density at radius 3 is 2.92 bits per heavy atom. The van der Waals surface area contributed by atoms with E-state index in [1.807, 2.05) is 11.8 Å². The van der Waals surface area contributed by atoms with Gasteiger partial charge in [-0.2, -0.15) is 0 Å². The van der Waals surface area contributed by atoms with Gasteiger partial charge in [-0.1, -0.05) is 41.0 Å². The summed E-state index contributed by atoms with van der Waals surface area (Å²) in [5.74, 6) is 0. The first kappa shape index (κ1) is 11.4. The SMILES string of the molecule is CCCCN=C1NC(C)C(CBr)S1. The first-order chi connectivity index (χ1) is 6.27. The average Bonchev–Trinajstić information content (AvgIpc) is 2.47. The molecule has 0 radical (unpaired) electrons. The second-order valence-electron chi connectivity index (χ2n) is 3.28. The standard InChI is InChI=1S/C9H17BrN2S/c1-3-4-5-11-9-12-7(2)8(6-10)13-9/h7-8H,3-6H2,1-2H3,(H,11,12). The fourth-order valence-electron chi connectivity index (χ4n) is 1.15. The van der Waals surface area contributed by atoms with Crippen LogP contribution in [0.3, 0.4) is 0 Å². The Morgan fingerprint density at radius 1 is 1.62 bits per heavy atom. The van der Waals surface area contributed by atoms with Crippen molar-refractivity contribution in [3.05, 3.63) is 0 Å². The van der Waals surface area contributed by atoms with E-state index < -0.39 is 0 Å². The van der Waals surface area contributed by atoms with Gasteiger partial charge in [0.05, 0.1) is 0 Å². The summed E-state index contributed by atoms with van der Waals surface area (Å²) in [6.45, 7) is 5.37. The molecule has 0 aromatic heterocycles. The Balaban J connectivity index is 2.34. The van der Waals surface area contributed by atoms with Gasteiger partial charge in [-0.25, -0.2) is 0 Å². The predicted octanol–water partition coefficient (Wildman–Crippen LogP) is 2.63. The fraction of sp³-hybridized carbons (Fsp3) is 0.889. The normalized spacial score (nSPS) is 30.8. The molecule has 1 rings (SSSR count). The highest BCUT2D eigenvalue weighted by molar-refractivity contribution is 9.09. The molecule has 76 valence electrons. The van der Waals surface area contributed by atoms with Crippen LogP contribution in [0, 0.1) is 0 Å². The summed E-state index contributed by atoms with van der Waals surface area (Å²) in [5.41, 5.74) is 0. The van der Waals surface area contributed by atoms with Crippen LogP contribution >= 0.6 is 27.7 Å². The van der Waals surface area contributed by atoms with E-state index in [4.69, 9.17) is 0 Å². The molecule has 2 unspecified atom stereocenters. The summed E-state index contributed by atoms with van der Waals surface area (Å²) in [6.07, 6.45) is 2.41. The van der Waals surface area contributed by atoms with Crippen molar-refractivity contribution in [2.24, 2.45) is 4.99 Å². The van der Waals surface area contributed by atoms with Crippen molar-refractivity contribution in [3.63, 3.8) is 0 Å². The van der Waals surface area contributed by atoms with E-state index in [1.54, 1.807) is 0 Å². The first-order valence-electron chi connectivity index (χ1n) is 4.81. The van der Waals surface area contributed by atoms with E-state index in [2.05, 4.69) is 40.1 Å². The molecule has 2 nitrogen and oxygen atoms in total. The van der Waals surface area contributed by atoms with E-state index in [1.165, 1.54) is 12.8 Å². The number of alkyl halides is 1. The molecule has 0 bridgehead atoms. The van der Waals surface area contributed by atoms with Crippen LogP contribution in [0.1, 0.15) is 26.7 Å². The molecule has 0 amide bonds. The zero-order chi connectivity index (χ0) is 9.68. The second kappa shape index (κ2) is 5.91. The smallest absolute Gasteiger partial charge is 0.157 e. The van der Waals surface area contributed by atoms with Crippen LogP contribution in [-0.2, 0) is 0 Å². The minimum Gasteiger partial charge on any atom is -0.361 e. The van der Waals surface area contributed by atoms with Gasteiger partial charge < -0.3 is 5.32 Å². The maximum Gasteiger partial charge on any atom is 0.157 e. The van der Waals surface area contributed by atoms with Crippen LogP contribution in [0.25, 0.3) is 0 Å². The Kier molecular flexibility index (Phi) is 5.17. The van der Waals surface area contributed by atoms with E-state index in [0.717, 1.165) is 17.0 Å². The molecular weight excluding hydrogens is 248 g/mol. The third-order valence-electron chi connectivity index (χ3n) is 2.09. The summed E-state index contributed by atoms with van der Waals surface area (Å²) in [7, 11) is 0. The van der Waals surface area contributed by atoms with Crippen LogP contribution in [0.5, 0.6) is 0 Å². The minimum absolute atomic E-state index is 0.546. The zero-order valence-corrected chi connectivity index (χ0v) is 10.6. The molecule has 1 aliphatic rings. The number of aliphatic imine (C=N–C) groups is 1. The van der Waals surface area contributed by atoms with Gasteiger partial charge in [-0.05, 0) is 13.3 Å². The highest BCUT2D eigenvalue weighted by Gasteiger charge is 2.26. The van der Waals surface area contributed by atoms with Gasteiger partial charge in [-0.3, -0.25) is 4.99 Å². The summed E-state index contributed by atoms with van der Waals surface area (Å²) < 4.78 is 0. The van der Waals surface area contributed by atoms with Gasteiger partial charge >= 0.3 is 0 Å². The van der Waals surface area contributed by atoms with Crippen molar-refractivity contribution in [2.45, 2.75) is 38.0 Å². The number of hydrogen-bond acceptors (Lipinski definition) is 2. The van der Waals surface area contributed by atoms with Crippen LogP contribution in [0.4, 0.5) is 0 Å². The van der Waals surface area contributed by atoms with E-state index in [-0.39, 0.29) is 0 Å². The number of unbranched alkanes of at least 4 members (excludes halogenated alkanes) is 1. The molecule has 13 heavy (non-hydrogen) atoms. The lowest BCUT2D eigenvalue weighted by atomic mass is 10.3. The van der Waals surface area contributed by atoms with E-state index in [0.29, 0.717) is 11.3 Å². The molecule has 0 aromatic carbocycles. The van der Waals surface area contributed by atoms with Gasteiger partial charge in [0.2, 0.25) is 0 Å². The van der Waals surface area contributed by atoms with Crippen LogP contribution in [0.2, 0.25) is 0 Å². The molecule has 1 aliphatic heterocycles. The van der Waals surface area contributed by atoms with E-state index >= 15 is 0 Å². The third kappa shape index (κ3) is 3.50. The third-order valence-corrected chi connectivity index (χ3v) is 4.57. The van der Waals surface area contributed by atoms with Crippen molar-refractivity contribution in [2.75, 3.05) is 11.9 Å². The molecule has 0 saturated carbocycles. The van der Waals surface area contributed by atoms with Crippen molar-refractivity contribution in [3.8, 4) is 0 Å². The molecule has 0 spiro atoms. The van der Waals surface area contributed by atoms with Crippen molar-refractivity contribution >= 4 is 32.9 Å². The molecule has 0 aliphatic carbocycles. The maximum absolute atomic E-state index is 4.51. The second-order valence-corrected chi connectivity index (χ2v) is 5.16. The lowest BCUT2D eigenvalue weighted by molar-refractivity contribution is 0.683. The number of rotatable bonds is 4. The molecule has 0 aromatic rings. The number of halogens is 1. The molecule has 1 fully saturated rings. The average molecular weight is 265 g/mol.